The zero-order chi connectivity index (χ0) is 18.4. The van der Waals surface area contributed by atoms with Crippen LogP contribution < -0.4 is 10.6 Å². The van der Waals surface area contributed by atoms with Crippen LogP contribution in [0.15, 0.2) is 59.8 Å². The second kappa shape index (κ2) is 8.73. The molecule has 0 aliphatic carbocycles. The lowest BCUT2D eigenvalue weighted by Crippen LogP contribution is -2.21. The third kappa shape index (κ3) is 4.56. The smallest absolute Gasteiger partial charge is 0.308 e. The van der Waals surface area contributed by atoms with E-state index in [1.165, 1.54) is 11.8 Å². The number of halogens is 1. The summed E-state index contributed by atoms with van der Waals surface area (Å²) < 4.78 is 1.85. The third-order valence-electron chi connectivity index (χ3n) is 3.60. The highest BCUT2D eigenvalue weighted by molar-refractivity contribution is 7.98. The number of aromatic nitrogens is 3. The number of rotatable bonds is 6. The Morgan fingerprint density at radius 2 is 1.81 bits per heavy atom. The number of urea groups is 1. The van der Waals surface area contributed by atoms with Crippen LogP contribution >= 0.6 is 23.4 Å². The van der Waals surface area contributed by atoms with Crippen molar-refractivity contribution in [3.8, 4) is 0 Å². The van der Waals surface area contributed by atoms with Gasteiger partial charge >= 0.3 is 6.03 Å². The van der Waals surface area contributed by atoms with Crippen LogP contribution in [0.25, 0.3) is 0 Å². The fourth-order valence-corrected chi connectivity index (χ4v) is 3.60. The highest BCUT2D eigenvalue weighted by Crippen LogP contribution is 2.27. The van der Waals surface area contributed by atoms with Crippen LogP contribution in [0.4, 0.5) is 16.4 Å². The van der Waals surface area contributed by atoms with Gasteiger partial charge in [-0.15, -0.1) is 10.2 Å². The Balaban J connectivity index is 1.66. The normalized spacial score (nSPS) is 10.5. The highest BCUT2D eigenvalue weighted by Gasteiger charge is 2.14. The molecule has 0 spiro atoms. The molecule has 0 fully saturated rings. The summed E-state index contributed by atoms with van der Waals surface area (Å²) in [6.45, 7) is 2.61. The van der Waals surface area contributed by atoms with E-state index in [9.17, 15) is 4.79 Å². The first-order chi connectivity index (χ1) is 12.7. The SMILES string of the molecule is CCn1c(NC(=O)Nc2ccccc2)nnc1SCc1ccccc1Cl. The van der Waals surface area contributed by atoms with E-state index in [0.29, 0.717) is 23.9 Å². The largest absolute Gasteiger partial charge is 0.326 e. The summed E-state index contributed by atoms with van der Waals surface area (Å²) >= 11 is 7.72. The average Bonchev–Trinajstić information content (AvgIpc) is 3.03. The summed E-state index contributed by atoms with van der Waals surface area (Å²) in [4.78, 5) is 12.2. The minimum Gasteiger partial charge on any atom is -0.308 e. The van der Waals surface area contributed by atoms with E-state index >= 15 is 0 Å². The Kier molecular flexibility index (Phi) is 6.14. The van der Waals surface area contributed by atoms with Crippen LogP contribution in [0.5, 0.6) is 0 Å². The van der Waals surface area contributed by atoms with Crippen molar-refractivity contribution < 1.29 is 4.79 Å². The van der Waals surface area contributed by atoms with Gasteiger partial charge in [0.25, 0.3) is 0 Å². The Bertz CT molecular complexity index is 884. The number of benzene rings is 2. The van der Waals surface area contributed by atoms with Gasteiger partial charge in [-0.2, -0.15) is 0 Å². The molecule has 1 aromatic heterocycles. The van der Waals surface area contributed by atoms with Crippen molar-refractivity contribution in [1.82, 2.24) is 14.8 Å². The number of nitrogens with zero attached hydrogens (tertiary/aromatic N) is 3. The Labute approximate surface area is 161 Å². The Morgan fingerprint density at radius 3 is 2.54 bits per heavy atom. The van der Waals surface area contributed by atoms with Crippen molar-refractivity contribution in [2.45, 2.75) is 24.4 Å². The minimum atomic E-state index is -0.360. The third-order valence-corrected chi connectivity index (χ3v) is 4.99. The lowest BCUT2D eigenvalue weighted by atomic mass is 10.2. The number of hydrogen-bond donors (Lipinski definition) is 2. The van der Waals surface area contributed by atoms with Crippen LogP contribution in [0.1, 0.15) is 12.5 Å². The van der Waals surface area contributed by atoms with Gasteiger partial charge in [0, 0.05) is 23.0 Å². The average molecular weight is 388 g/mol. The lowest BCUT2D eigenvalue weighted by Gasteiger charge is -2.09. The second-order valence-electron chi connectivity index (χ2n) is 5.38. The number of para-hydroxylation sites is 1. The maximum Gasteiger partial charge on any atom is 0.326 e. The monoisotopic (exact) mass is 387 g/mol. The standard InChI is InChI=1S/C18H18ClN5OS/c1-2-24-16(21-17(25)20-14-9-4-3-5-10-14)22-23-18(24)26-12-13-8-6-7-11-15(13)19/h3-11H,2,12H2,1H3,(H2,20,21,22,25). The molecular weight excluding hydrogens is 370 g/mol. The van der Waals surface area contributed by atoms with Gasteiger partial charge in [-0.1, -0.05) is 59.8 Å². The van der Waals surface area contributed by atoms with Crippen LogP contribution in [0, 0.1) is 0 Å². The molecule has 1 heterocycles. The van der Waals surface area contributed by atoms with Gasteiger partial charge in [-0.05, 0) is 30.7 Å². The Morgan fingerprint density at radius 1 is 1.08 bits per heavy atom. The molecule has 2 N–H and O–H groups in total. The summed E-state index contributed by atoms with van der Waals surface area (Å²) in [5, 5.41) is 15.2. The van der Waals surface area contributed by atoms with E-state index in [2.05, 4.69) is 20.8 Å². The predicted molar refractivity (Wildman–Crippen MR) is 106 cm³/mol. The van der Waals surface area contributed by atoms with Gasteiger partial charge in [0.05, 0.1) is 0 Å². The van der Waals surface area contributed by atoms with Crippen molar-refractivity contribution in [2.75, 3.05) is 10.6 Å². The van der Waals surface area contributed by atoms with Gasteiger partial charge in [0.2, 0.25) is 5.95 Å². The van der Waals surface area contributed by atoms with E-state index in [0.717, 1.165) is 15.7 Å². The molecule has 0 aliphatic heterocycles. The maximum atomic E-state index is 12.2. The maximum absolute atomic E-state index is 12.2. The highest BCUT2D eigenvalue weighted by atomic mass is 35.5. The van der Waals surface area contributed by atoms with Crippen molar-refractivity contribution in [2.24, 2.45) is 0 Å². The van der Waals surface area contributed by atoms with Crippen molar-refractivity contribution in [3.63, 3.8) is 0 Å². The fraction of sp³-hybridized carbons (Fsp3) is 0.167. The number of nitrogens with one attached hydrogen (secondary N) is 2. The van der Waals surface area contributed by atoms with Gasteiger partial charge in [0.15, 0.2) is 5.16 Å². The van der Waals surface area contributed by atoms with Crippen molar-refractivity contribution in [1.29, 1.82) is 0 Å². The fourth-order valence-electron chi connectivity index (χ4n) is 2.32. The number of carbonyl (C=O) groups is 1. The molecule has 6 nitrogen and oxygen atoms in total. The molecule has 0 saturated carbocycles. The van der Waals surface area contributed by atoms with Crippen LogP contribution in [-0.4, -0.2) is 20.8 Å². The van der Waals surface area contributed by atoms with Crippen molar-refractivity contribution in [3.05, 3.63) is 65.2 Å². The molecule has 0 saturated heterocycles. The van der Waals surface area contributed by atoms with E-state index in [1.807, 2.05) is 66.1 Å². The van der Waals surface area contributed by atoms with E-state index in [-0.39, 0.29) is 6.03 Å². The second-order valence-corrected chi connectivity index (χ2v) is 6.73. The molecule has 0 bridgehead atoms. The molecule has 0 atom stereocenters. The van der Waals surface area contributed by atoms with E-state index in [1.54, 1.807) is 0 Å². The number of carbonyl (C=O) groups excluding carboxylic acids is 1. The predicted octanol–water partition coefficient (Wildman–Crippen LogP) is 4.89. The molecule has 3 aromatic rings. The van der Waals surface area contributed by atoms with Crippen LogP contribution in [-0.2, 0) is 12.3 Å². The number of anilines is 2. The number of thioether (sulfide) groups is 1. The van der Waals surface area contributed by atoms with E-state index < -0.39 is 0 Å². The zero-order valence-electron chi connectivity index (χ0n) is 14.1. The number of hydrogen-bond acceptors (Lipinski definition) is 4. The van der Waals surface area contributed by atoms with Crippen molar-refractivity contribution >= 4 is 41.0 Å². The quantitative estimate of drug-likeness (QED) is 0.591. The summed E-state index contributed by atoms with van der Waals surface area (Å²) in [6, 6.07) is 16.6. The number of amides is 2. The molecule has 0 radical (unpaired) electrons. The Hall–Kier alpha value is -2.51. The molecule has 134 valence electrons. The van der Waals surface area contributed by atoms with Crippen LogP contribution in [0.2, 0.25) is 5.02 Å². The van der Waals surface area contributed by atoms with Gasteiger partial charge < -0.3 is 5.32 Å². The molecule has 8 heteroatoms. The molecule has 2 amide bonds. The lowest BCUT2D eigenvalue weighted by molar-refractivity contribution is 0.262. The molecular formula is C18H18ClN5OS. The molecule has 0 aliphatic rings. The summed E-state index contributed by atoms with van der Waals surface area (Å²) in [5.74, 6) is 1.08. The molecule has 0 unspecified atom stereocenters. The summed E-state index contributed by atoms with van der Waals surface area (Å²) in [7, 11) is 0. The first-order valence-electron chi connectivity index (χ1n) is 8.10. The molecule has 26 heavy (non-hydrogen) atoms. The van der Waals surface area contributed by atoms with Crippen LogP contribution in [0.3, 0.4) is 0 Å². The summed E-state index contributed by atoms with van der Waals surface area (Å²) in [6.07, 6.45) is 0. The summed E-state index contributed by atoms with van der Waals surface area (Å²) in [5.41, 5.74) is 1.74. The van der Waals surface area contributed by atoms with E-state index in [4.69, 9.17) is 11.6 Å². The minimum absolute atomic E-state index is 0.360. The topological polar surface area (TPSA) is 71.8 Å². The first kappa shape index (κ1) is 18.3. The zero-order valence-corrected chi connectivity index (χ0v) is 15.7. The van der Waals surface area contributed by atoms with Gasteiger partial charge in [-0.3, -0.25) is 9.88 Å². The molecule has 3 rings (SSSR count). The van der Waals surface area contributed by atoms with Gasteiger partial charge in [-0.25, -0.2) is 4.79 Å². The first-order valence-corrected chi connectivity index (χ1v) is 9.46. The van der Waals surface area contributed by atoms with Gasteiger partial charge in [0.1, 0.15) is 0 Å². The molecule has 2 aromatic carbocycles.